The van der Waals surface area contributed by atoms with Crippen molar-refractivity contribution in [2.45, 2.75) is 30.5 Å². The van der Waals surface area contributed by atoms with E-state index in [0.717, 1.165) is 22.3 Å². The maximum Gasteiger partial charge on any atom is 0.453 e. The van der Waals surface area contributed by atoms with Gasteiger partial charge in [-0.2, -0.15) is 22.0 Å². The summed E-state index contributed by atoms with van der Waals surface area (Å²) in [6.45, 7) is -0.248. The highest BCUT2D eigenvalue weighted by Gasteiger charge is 2.59. The summed E-state index contributed by atoms with van der Waals surface area (Å²) in [7, 11) is 0. The monoisotopic (exact) mass is 429 g/mol. The van der Waals surface area contributed by atoms with Crippen molar-refractivity contribution in [3.8, 4) is 11.1 Å². The van der Waals surface area contributed by atoms with Gasteiger partial charge in [0.25, 0.3) is 0 Å². The number of hydrogen-bond donors (Lipinski definition) is 2. The van der Waals surface area contributed by atoms with E-state index in [4.69, 9.17) is 9.84 Å². The Morgan fingerprint density at radius 2 is 1.47 bits per heavy atom. The summed E-state index contributed by atoms with van der Waals surface area (Å²) in [6, 6.07) is 12.2. The molecule has 1 atom stereocenters. The Balaban J connectivity index is 1.69. The first-order valence-electron chi connectivity index (χ1n) is 8.80. The molecular formula is C20H16F5NO4. The topological polar surface area (TPSA) is 75.6 Å². The van der Waals surface area contributed by atoms with Crippen LogP contribution in [0, 0.1) is 0 Å². The van der Waals surface area contributed by atoms with E-state index in [9.17, 15) is 31.5 Å². The van der Waals surface area contributed by atoms with Crippen LogP contribution in [0.25, 0.3) is 11.1 Å². The van der Waals surface area contributed by atoms with Gasteiger partial charge in [-0.25, -0.2) is 9.59 Å². The second-order valence-electron chi connectivity index (χ2n) is 6.77. The number of rotatable bonds is 6. The lowest BCUT2D eigenvalue weighted by molar-refractivity contribution is -0.285. The molecule has 1 aliphatic rings. The molecule has 10 heteroatoms. The molecule has 2 N–H and O–H groups in total. The van der Waals surface area contributed by atoms with Crippen molar-refractivity contribution in [3.63, 3.8) is 0 Å². The van der Waals surface area contributed by atoms with Crippen molar-refractivity contribution in [1.82, 2.24) is 5.32 Å². The third-order valence-electron chi connectivity index (χ3n) is 4.81. The number of carbonyl (C=O) groups is 2. The van der Waals surface area contributed by atoms with Crippen LogP contribution in [-0.2, 0) is 9.53 Å². The molecule has 1 aliphatic carbocycles. The molecule has 0 radical (unpaired) electrons. The van der Waals surface area contributed by atoms with Crippen LogP contribution in [0.3, 0.4) is 0 Å². The fourth-order valence-corrected chi connectivity index (χ4v) is 3.35. The van der Waals surface area contributed by atoms with Gasteiger partial charge < -0.3 is 15.2 Å². The zero-order chi connectivity index (χ0) is 22.1. The Bertz CT molecular complexity index is 915. The Morgan fingerprint density at radius 1 is 0.967 bits per heavy atom. The molecule has 2 aromatic carbocycles. The van der Waals surface area contributed by atoms with E-state index >= 15 is 0 Å². The third kappa shape index (κ3) is 4.22. The zero-order valence-electron chi connectivity index (χ0n) is 15.2. The average molecular weight is 429 g/mol. The van der Waals surface area contributed by atoms with Gasteiger partial charge in [0.15, 0.2) is 0 Å². The van der Waals surface area contributed by atoms with Crippen LogP contribution >= 0.6 is 0 Å². The summed E-state index contributed by atoms with van der Waals surface area (Å²) in [4.78, 5) is 23.0. The SMILES string of the molecule is O=C(NC(CC(F)(F)C(F)(F)F)C(=O)O)OCC1c2ccccc2-c2ccccc21. The van der Waals surface area contributed by atoms with Crippen LogP contribution in [-0.4, -0.2) is 41.9 Å². The number of aliphatic carboxylic acids is 1. The molecule has 0 aromatic heterocycles. The molecule has 3 rings (SSSR count). The molecule has 0 fully saturated rings. The molecule has 0 spiro atoms. The van der Waals surface area contributed by atoms with Gasteiger partial charge in [0, 0.05) is 5.92 Å². The number of hydrogen-bond acceptors (Lipinski definition) is 3. The van der Waals surface area contributed by atoms with Crippen molar-refractivity contribution in [1.29, 1.82) is 0 Å². The number of carboxylic acids is 1. The standard InChI is InChI=1S/C20H16F5NO4/c21-19(22,20(23,24)25)9-16(17(27)28)26-18(29)30-10-15-13-7-3-1-5-11(13)12-6-2-4-8-14(12)15/h1-8,15-16H,9-10H2,(H,26,29)(H,27,28). The van der Waals surface area contributed by atoms with Crippen molar-refractivity contribution >= 4 is 12.1 Å². The Hall–Kier alpha value is -3.17. The highest BCUT2D eigenvalue weighted by molar-refractivity contribution is 5.81. The predicted molar refractivity (Wildman–Crippen MR) is 95.2 cm³/mol. The van der Waals surface area contributed by atoms with E-state index in [1.54, 1.807) is 17.4 Å². The number of benzene rings is 2. The van der Waals surface area contributed by atoms with E-state index in [2.05, 4.69) is 0 Å². The van der Waals surface area contributed by atoms with Crippen LogP contribution in [0.5, 0.6) is 0 Å². The molecule has 2 aromatic rings. The molecule has 0 heterocycles. The first-order valence-corrected chi connectivity index (χ1v) is 8.80. The van der Waals surface area contributed by atoms with Crippen molar-refractivity contribution < 1.29 is 41.4 Å². The van der Waals surface area contributed by atoms with Crippen molar-refractivity contribution in [3.05, 3.63) is 59.7 Å². The lowest BCUT2D eigenvalue weighted by Crippen LogP contribution is -2.49. The maximum atomic E-state index is 13.2. The second-order valence-corrected chi connectivity index (χ2v) is 6.77. The van der Waals surface area contributed by atoms with Gasteiger partial charge in [-0.15, -0.1) is 0 Å². The minimum Gasteiger partial charge on any atom is -0.480 e. The summed E-state index contributed by atoms with van der Waals surface area (Å²) in [6.07, 6.45) is -9.48. The van der Waals surface area contributed by atoms with Crippen LogP contribution in [0.4, 0.5) is 26.7 Å². The Morgan fingerprint density at radius 3 is 1.93 bits per heavy atom. The minimum absolute atomic E-state index is 0.248. The Labute approximate surface area is 167 Å². The highest BCUT2D eigenvalue weighted by atomic mass is 19.4. The van der Waals surface area contributed by atoms with Gasteiger partial charge in [0.2, 0.25) is 0 Å². The maximum absolute atomic E-state index is 13.2. The quantitative estimate of drug-likeness (QED) is 0.660. The lowest BCUT2D eigenvalue weighted by atomic mass is 9.98. The van der Waals surface area contributed by atoms with E-state index < -0.39 is 36.6 Å². The average Bonchev–Trinajstić information content (AvgIpc) is 2.98. The number of halogens is 5. The molecule has 0 aliphatic heterocycles. The van der Waals surface area contributed by atoms with Gasteiger partial charge in [0.05, 0.1) is 6.42 Å². The first-order chi connectivity index (χ1) is 14.0. The number of fused-ring (bicyclic) bond motifs is 3. The van der Waals surface area contributed by atoms with Gasteiger partial charge in [-0.05, 0) is 22.3 Å². The molecule has 160 valence electrons. The Kier molecular flexibility index (Phi) is 5.69. The minimum atomic E-state index is -5.94. The molecular weight excluding hydrogens is 413 g/mol. The van der Waals surface area contributed by atoms with Crippen LogP contribution < -0.4 is 5.32 Å². The van der Waals surface area contributed by atoms with Gasteiger partial charge in [-0.1, -0.05) is 48.5 Å². The second kappa shape index (κ2) is 7.92. The molecule has 1 unspecified atom stereocenters. The van der Waals surface area contributed by atoms with Crippen LogP contribution in [0.2, 0.25) is 0 Å². The molecule has 30 heavy (non-hydrogen) atoms. The summed E-state index contributed by atoms with van der Waals surface area (Å²) in [5.74, 6) is -7.71. The molecule has 0 saturated heterocycles. The number of alkyl halides is 5. The van der Waals surface area contributed by atoms with Crippen LogP contribution in [0.15, 0.2) is 48.5 Å². The normalized spacial score (nSPS) is 14.6. The fourth-order valence-electron chi connectivity index (χ4n) is 3.35. The lowest BCUT2D eigenvalue weighted by Gasteiger charge is -2.23. The fraction of sp³-hybridized carbons (Fsp3) is 0.300. The summed E-state index contributed by atoms with van der Waals surface area (Å²) in [5, 5.41) is 10.5. The molecule has 0 saturated carbocycles. The van der Waals surface area contributed by atoms with E-state index in [-0.39, 0.29) is 12.5 Å². The van der Waals surface area contributed by atoms with Gasteiger partial charge in [0.1, 0.15) is 12.6 Å². The summed E-state index contributed by atoms with van der Waals surface area (Å²) < 4.78 is 68.4. The van der Waals surface area contributed by atoms with Crippen molar-refractivity contribution in [2.75, 3.05) is 6.61 Å². The first kappa shape index (κ1) is 21.5. The number of nitrogens with one attached hydrogen (secondary N) is 1. The van der Waals surface area contributed by atoms with E-state index in [0.29, 0.717) is 0 Å². The highest BCUT2D eigenvalue weighted by Crippen LogP contribution is 2.44. The van der Waals surface area contributed by atoms with Crippen molar-refractivity contribution in [2.24, 2.45) is 0 Å². The number of amides is 1. The molecule has 1 amide bonds. The predicted octanol–water partition coefficient (Wildman–Crippen LogP) is 4.57. The summed E-state index contributed by atoms with van der Waals surface area (Å²) in [5.41, 5.74) is 3.56. The smallest absolute Gasteiger partial charge is 0.453 e. The summed E-state index contributed by atoms with van der Waals surface area (Å²) >= 11 is 0. The van der Waals surface area contributed by atoms with Gasteiger partial charge >= 0.3 is 24.2 Å². The third-order valence-corrected chi connectivity index (χ3v) is 4.81. The number of carboxylic acid groups (broad SMARTS) is 1. The zero-order valence-corrected chi connectivity index (χ0v) is 15.2. The number of carbonyl (C=O) groups excluding carboxylic acids is 1. The van der Waals surface area contributed by atoms with Gasteiger partial charge in [-0.3, -0.25) is 0 Å². The molecule has 5 nitrogen and oxygen atoms in total. The largest absolute Gasteiger partial charge is 0.480 e. The molecule has 0 bridgehead atoms. The van der Waals surface area contributed by atoms with Crippen LogP contribution in [0.1, 0.15) is 23.5 Å². The van der Waals surface area contributed by atoms with E-state index in [1.807, 2.05) is 36.4 Å². The number of ether oxygens (including phenoxy) is 1. The van der Waals surface area contributed by atoms with E-state index in [1.165, 1.54) is 0 Å². The number of alkyl carbamates (subject to hydrolysis) is 1.